The summed E-state index contributed by atoms with van der Waals surface area (Å²) in [7, 11) is 0. The van der Waals surface area contributed by atoms with Crippen molar-refractivity contribution in [3.63, 3.8) is 0 Å². The Morgan fingerprint density at radius 3 is 2.05 bits per heavy atom. The number of hydrogen-bond acceptors (Lipinski definition) is 6. The van der Waals surface area contributed by atoms with Gasteiger partial charge in [0.15, 0.2) is 6.10 Å². The van der Waals surface area contributed by atoms with Crippen LogP contribution in [0.2, 0.25) is 0 Å². The average Bonchev–Trinajstić information content (AvgIpc) is 2.98. The molecule has 0 bridgehead atoms. The van der Waals surface area contributed by atoms with E-state index in [1.807, 2.05) is 58.0 Å². The molecule has 0 spiro atoms. The molecule has 1 aliphatic heterocycles. The third kappa shape index (κ3) is 10.2. The van der Waals surface area contributed by atoms with Crippen molar-refractivity contribution in [3.8, 4) is 0 Å². The minimum atomic E-state index is -0.691. The topological polar surface area (TPSA) is 93.8 Å². The minimum absolute atomic E-state index is 0.161. The number of aliphatic hydroxyl groups is 1. The first kappa shape index (κ1) is 20.5. The number of ether oxygens (including phenoxy) is 2. The zero-order valence-electron chi connectivity index (χ0n) is 12.6. The van der Waals surface area contributed by atoms with Crippen LogP contribution in [-0.2, 0) is 9.47 Å². The molecular formula is C14H26N2O4. The second kappa shape index (κ2) is 15.3. The summed E-state index contributed by atoms with van der Waals surface area (Å²) < 4.78 is 8.73. The third-order valence-corrected chi connectivity index (χ3v) is 1.79. The maximum Gasteiger partial charge on any atom is 0.508 e. The Morgan fingerprint density at radius 2 is 1.80 bits per heavy atom. The van der Waals surface area contributed by atoms with E-state index >= 15 is 0 Å². The molecule has 0 aromatic heterocycles. The predicted molar refractivity (Wildman–Crippen MR) is 80.3 cm³/mol. The van der Waals surface area contributed by atoms with Crippen LogP contribution in [0, 0.1) is 0 Å². The van der Waals surface area contributed by atoms with Crippen LogP contribution in [0.3, 0.4) is 0 Å². The first-order valence-corrected chi connectivity index (χ1v) is 6.72. The number of carbonyl (C=O) groups excluding carboxylic acids is 1. The van der Waals surface area contributed by atoms with Crippen LogP contribution in [0.5, 0.6) is 0 Å². The van der Waals surface area contributed by atoms with Gasteiger partial charge in [0.1, 0.15) is 6.61 Å². The molecule has 2 rings (SSSR count). The highest BCUT2D eigenvalue weighted by Gasteiger charge is 2.23. The van der Waals surface area contributed by atoms with Crippen LogP contribution in [0.25, 0.3) is 0 Å². The quantitative estimate of drug-likeness (QED) is 0.439. The van der Waals surface area contributed by atoms with Gasteiger partial charge in [-0.1, -0.05) is 45.9 Å². The van der Waals surface area contributed by atoms with Crippen molar-refractivity contribution in [2.45, 2.75) is 33.8 Å². The monoisotopic (exact) mass is 286 g/mol. The number of aliphatic hydroxyl groups excluding tert-OH is 1. The van der Waals surface area contributed by atoms with Crippen molar-refractivity contribution in [3.05, 3.63) is 30.3 Å². The molecular weight excluding hydrogens is 260 g/mol. The normalized spacial score (nSPS) is 14.9. The molecule has 1 saturated heterocycles. The smallest absolute Gasteiger partial charge is 0.430 e. The highest BCUT2D eigenvalue weighted by atomic mass is 16.8. The summed E-state index contributed by atoms with van der Waals surface area (Å²) in [6.07, 6.45) is -1.13. The third-order valence-electron chi connectivity index (χ3n) is 1.79. The highest BCUT2D eigenvalue weighted by molar-refractivity contribution is 5.61. The molecule has 4 N–H and O–H groups in total. The van der Waals surface area contributed by atoms with Crippen molar-refractivity contribution in [2.75, 3.05) is 18.6 Å². The lowest BCUT2D eigenvalue weighted by Crippen LogP contribution is -2.14. The summed E-state index contributed by atoms with van der Waals surface area (Å²) in [4.78, 5) is 10.1. The number of anilines is 1. The lowest BCUT2D eigenvalue weighted by atomic mass is 10.3. The van der Waals surface area contributed by atoms with Gasteiger partial charge in [0.25, 0.3) is 0 Å². The first-order valence-electron chi connectivity index (χ1n) is 6.72. The van der Waals surface area contributed by atoms with Crippen LogP contribution in [0.4, 0.5) is 10.5 Å². The van der Waals surface area contributed by atoms with E-state index in [0.29, 0.717) is 0 Å². The number of nitrogens with two attached hydrogens (primary N) is 1. The number of nitrogen functional groups attached to an aromatic ring is 1. The zero-order valence-corrected chi connectivity index (χ0v) is 12.6. The molecule has 1 aliphatic rings. The summed E-state index contributed by atoms with van der Waals surface area (Å²) >= 11 is 0. The van der Waals surface area contributed by atoms with Gasteiger partial charge in [-0.05, 0) is 12.1 Å². The summed E-state index contributed by atoms with van der Waals surface area (Å²) in [6.45, 7) is 8.01. The standard InChI is InChI=1S/C6H8N2.C4H6O4.2C2H6/c7-8-6-4-2-1-3-5-6;5-1-3-2-7-4(6)8-3;2*1-2/h1-5,8H,7H2;3,5H,1-2H2;2*1-2H3. The molecule has 1 unspecified atom stereocenters. The molecule has 6 nitrogen and oxygen atoms in total. The van der Waals surface area contributed by atoms with Crippen molar-refractivity contribution >= 4 is 11.8 Å². The lowest BCUT2D eigenvalue weighted by Gasteiger charge is -1.96. The first-order chi connectivity index (χ1) is 9.76. The van der Waals surface area contributed by atoms with Gasteiger partial charge in [-0.3, -0.25) is 5.84 Å². The molecule has 0 aliphatic carbocycles. The van der Waals surface area contributed by atoms with E-state index in [4.69, 9.17) is 10.9 Å². The van der Waals surface area contributed by atoms with Gasteiger partial charge < -0.3 is 20.0 Å². The fourth-order valence-corrected chi connectivity index (χ4v) is 0.989. The Labute approximate surface area is 120 Å². The molecule has 0 radical (unpaired) electrons. The van der Waals surface area contributed by atoms with Gasteiger partial charge >= 0.3 is 6.16 Å². The van der Waals surface area contributed by atoms with Crippen LogP contribution in [0.1, 0.15) is 27.7 Å². The van der Waals surface area contributed by atoms with Gasteiger partial charge in [-0.15, -0.1) is 0 Å². The fourth-order valence-electron chi connectivity index (χ4n) is 0.989. The van der Waals surface area contributed by atoms with Crippen LogP contribution in [-0.4, -0.2) is 30.6 Å². The summed E-state index contributed by atoms with van der Waals surface area (Å²) in [5.41, 5.74) is 3.46. The molecule has 1 aromatic rings. The number of para-hydroxylation sites is 1. The molecule has 0 amide bonds. The number of carbonyl (C=O) groups is 1. The van der Waals surface area contributed by atoms with E-state index in [1.54, 1.807) is 0 Å². The molecule has 1 aromatic carbocycles. The van der Waals surface area contributed by atoms with Crippen molar-refractivity contribution in [1.29, 1.82) is 0 Å². The summed E-state index contributed by atoms with van der Waals surface area (Å²) in [5, 5.41) is 8.33. The van der Waals surface area contributed by atoms with Crippen LogP contribution in [0.15, 0.2) is 30.3 Å². The average molecular weight is 286 g/mol. The molecule has 1 fully saturated rings. The van der Waals surface area contributed by atoms with E-state index < -0.39 is 12.3 Å². The number of benzene rings is 1. The predicted octanol–water partition coefficient (Wildman–Crippen LogP) is 2.54. The molecule has 1 heterocycles. The van der Waals surface area contributed by atoms with Gasteiger partial charge in [0.2, 0.25) is 0 Å². The molecule has 1 atom stereocenters. The van der Waals surface area contributed by atoms with Crippen LogP contribution >= 0.6 is 0 Å². The lowest BCUT2D eigenvalue weighted by molar-refractivity contribution is 0.0919. The summed E-state index contributed by atoms with van der Waals surface area (Å²) in [6, 6.07) is 9.60. The number of nitrogens with one attached hydrogen (secondary N) is 1. The number of cyclic esters (lactones) is 2. The Bertz CT molecular complexity index is 320. The molecule has 116 valence electrons. The van der Waals surface area contributed by atoms with Crippen molar-refractivity contribution < 1.29 is 19.4 Å². The summed E-state index contributed by atoms with van der Waals surface area (Å²) in [5.74, 6) is 5.10. The van der Waals surface area contributed by atoms with Gasteiger partial charge in [0.05, 0.1) is 6.61 Å². The van der Waals surface area contributed by atoms with E-state index in [2.05, 4.69) is 14.9 Å². The molecule has 20 heavy (non-hydrogen) atoms. The van der Waals surface area contributed by atoms with Crippen molar-refractivity contribution in [1.82, 2.24) is 0 Å². The Balaban J connectivity index is 0. The van der Waals surface area contributed by atoms with E-state index in [1.165, 1.54) is 0 Å². The van der Waals surface area contributed by atoms with E-state index in [9.17, 15) is 4.79 Å². The Hall–Kier alpha value is -1.79. The minimum Gasteiger partial charge on any atom is -0.430 e. The second-order valence-corrected chi connectivity index (χ2v) is 2.99. The van der Waals surface area contributed by atoms with Gasteiger partial charge in [-0.2, -0.15) is 0 Å². The van der Waals surface area contributed by atoms with E-state index in [0.717, 1.165) is 5.69 Å². The van der Waals surface area contributed by atoms with Crippen LogP contribution < -0.4 is 11.3 Å². The Kier molecular flexibility index (Phi) is 15.7. The number of rotatable bonds is 2. The van der Waals surface area contributed by atoms with E-state index in [-0.39, 0.29) is 13.2 Å². The number of hydrazine groups is 1. The Morgan fingerprint density at radius 1 is 1.25 bits per heavy atom. The SMILES string of the molecule is CC.CC.NNc1ccccc1.O=C1OCC(CO)O1. The van der Waals surface area contributed by atoms with Gasteiger partial charge in [-0.25, -0.2) is 4.79 Å². The molecule has 0 saturated carbocycles. The van der Waals surface area contributed by atoms with Gasteiger partial charge in [0, 0.05) is 5.69 Å². The highest BCUT2D eigenvalue weighted by Crippen LogP contribution is 2.03. The van der Waals surface area contributed by atoms with Crippen molar-refractivity contribution in [2.24, 2.45) is 5.84 Å². The fraction of sp³-hybridized carbons (Fsp3) is 0.500. The maximum atomic E-state index is 10.1. The zero-order chi connectivity index (χ0) is 15.8. The second-order valence-electron chi connectivity index (χ2n) is 2.99. The maximum absolute atomic E-state index is 10.1. The number of hydrogen-bond donors (Lipinski definition) is 3. The molecule has 6 heteroatoms. The largest absolute Gasteiger partial charge is 0.508 e.